The number of para-hydroxylation sites is 1. The molecular formula is C19H17Cl2N3O6. The fourth-order valence-electron chi connectivity index (χ4n) is 2.36. The number of hydrogen-bond acceptors (Lipinski definition) is 7. The highest BCUT2D eigenvalue weighted by molar-refractivity contribution is 6.37. The summed E-state index contributed by atoms with van der Waals surface area (Å²) < 4.78 is 10.0. The first-order valence-electron chi connectivity index (χ1n) is 8.63. The lowest BCUT2D eigenvalue weighted by Crippen LogP contribution is -2.20. The summed E-state index contributed by atoms with van der Waals surface area (Å²) in [5.74, 6) is -0.979. The SMILES string of the molecule is CCOC(=O)COc1c(Cl)cc(/C=N/NC(=O)Cc2ccccc2[N+](=O)[O-])cc1Cl. The predicted octanol–water partition coefficient (Wildman–Crippen LogP) is 3.54. The third-order valence-electron chi connectivity index (χ3n) is 3.60. The Kier molecular flexibility index (Phi) is 8.57. The predicted molar refractivity (Wildman–Crippen MR) is 111 cm³/mol. The highest BCUT2D eigenvalue weighted by atomic mass is 35.5. The molecule has 0 heterocycles. The number of nitro benzene ring substituents is 1. The summed E-state index contributed by atoms with van der Waals surface area (Å²) in [6.45, 7) is 1.55. The smallest absolute Gasteiger partial charge is 0.344 e. The van der Waals surface area contributed by atoms with E-state index in [1.165, 1.54) is 36.5 Å². The van der Waals surface area contributed by atoms with Crippen molar-refractivity contribution in [3.63, 3.8) is 0 Å². The maximum Gasteiger partial charge on any atom is 0.344 e. The molecule has 2 aromatic rings. The number of ether oxygens (including phenoxy) is 2. The minimum absolute atomic E-state index is 0.115. The van der Waals surface area contributed by atoms with Gasteiger partial charge in [0.2, 0.25) is 5.91 Å². The molecule has 30 heavy (non-hydrogen) atoms. The van der Waals surface area contributed by atoms with Gasteiger partial charge in [-0.15, -0.1) is 0 Å². The Balaban J connectivity index is 1.99. The zero-order valence-corrected chi connectivity index (χ0v) is 17.3. The quantitative estimate of drug-likeness (QED) is 0.268. The van der Waals surface area contributed by atoms with Crippen molar-refractivity contribution in [3.05, 3.63) is 67.7 Å². The molecule has 0 aromatic heterocycles. The molecule has 0 radical (unpaired) electrons. The van der Waals surface area contributed by atoms with Crippen molar-refractivity contribution < 1.29 is 24.0 Å². The van der Waals surface area contributed by atoms with E-state index in [9.17, 15) is 19.7 Å². The molecule has 158 valence electrons. The molecule has 2 rings (SSSR count). The van der Waals surface area contributed by atoms with Crippen LogP contribution < -0.4 is 10.2 Å². The standard InChI is InChI=1S/C19H17Cl2N3O6/c1-2-29-18(26)11-30-19-14(20)7-12(8-15(19)21)10-22-23-17(25)9-13-5-3-4-6-16(13)24(27)28/h3-8,10H,2,9,11H2,1H3,(H,23,25)/b22-10+. The van der Waals surface area contributed by atoms with Crippen molar-refractivity contribution in [2.24, 2.45) is 5.10 Å². The number of nitro groups is 1. The molecule has 11 heteroatoms. The van der Waals surface area contributed by atoms with E-state index in [1.54, 1.807) is 13.0 Å². The van der Waals surface area contributed by atoms with Crippen molar-refractivity contribution in [3.8, 4) is 5.75 Å². The first-order chi connectivity index (χ1) is 14.3. The van der Waals surface area contributed by atoms with Crippen molar-refractivity contribution >= 4 is 47.0 Å². The van der Waals surface area contributed by atoms with Gasteiger partial charge in [-0.1, -0.05) is 41.4 Å². The molecule has 1 N–H and O–H groups in total. The van der Waals surface area contributed by atoms with Crippen LogP contribution in [0.15, 0.2) is 41.5 Å². The van der Waals surface area contributed by atoms with Gasteiger partial charge in [0.25, 0.3) is 5.69 Å². The van der Waals surface area contributed by atoms with Gasteiger partial charge in [-0.3, -0.25) is 14.9 Å². The molecule has 0 saturated carbocycles. The van der Waals surface area contributed by atoms with Gasteiger partial charge in [-0.2, -0.15) is 5.10 Å². The molecular weight excluding hydrogens is 437 g/mol. The van der Waals surface area contributed by atoms with E-state index in [1.807, 2.05) is 0 Å². The van der Waals surface area contributed by atoms with Crippen LogP contribution in [0.3, 0.4) is 0 Å². The topological polar surface area (TPSA) is 120 Å². The number of carbonyl (C=O) groups is 2. The van der Waals surface area contributed by atoms with Crippen molar-refractivity contribution in [1.29, 1.82) is 0 Å². The fraction of sp³-hybridized carbons (Fsp3) is 0.211. The summed E-state index contributed by atoms with van der Waals surface area (Å²) in [6, 6.07) is 8.90. The minimum atomic E-state index is -0.559. The van der Waals surface area contributed by atoms with E-state index < -0.39 is 16.8 Å². The van der Waals surface area contributed by atoms with E-state index in [-0.39, 0.29) is 46.7 Å². The Labute approximate surface area is 181 Å². The monoisotopic (exact) mass is 453 g/mol. The van der Waals surface area contributed by atoms with E-state index >= 15 is 0 Å². The number of benzene rings is 2. The number of rotatable bonds is 9. The Bertz CT molecular complexity index is 957. The molecule has 0 atom stereocenters. The lowest BCUT2D eigenvalue weighted by Gasteiger charge is -2.10. The van der Waals surface area contributed by atoms with Gasteiger partial charge in [-0.05, 0) is 24.6 Å². The van der Waals surface area contributed by atoms with Crippen molar-refractivity contribution in [1.82, 2.24) is 5.43 Å². The normalized spacial score (nSPS) is 10.6. The molecule has 0 fully saturated rings. The number of nitrogens with one attached hydrogen (secondary N) is 1. The summed E-state index contributed by atoms with van der Waals surface area (Å²) in [5, 5.41) is 15.1. The number of hydrazone groups is 1. The van der Waals surface area contributed by atoms with E-state index in [0.717, 1.165) is 0 Å². The number of esters is 1. The maximum atomic E-state index is 12.0. The number of carbonyl (C=O) groups excluding carboxylic acids is 2. The zero-order valence-electron chi connectivity index (χ0n) is 15.8. The minimum Gasteiger partial charge on any atom is -0.479 e. The lowest BCUT2D eigenvalue weighted by molar-refractivity contribution is -0.385. The molecule has 0 spiro atoms. The molecule has 0 bridgehead atoms. The van der Waals surface area contributed by atoms with Gasteiger partial charge < -0.3 is 9.47 Å². The van der Waals surface area contributed by atoms with Crippen molar-refractivity contribution in [2.75, 3.05) is 13.2 Å². The van der Waals surface area contributed by atoms with Crippen LogP contribution in [0.4, 0.5) is 5.69 Å². The van der Waals surface area contributed by atoms with Crippen LogP contribution in [0.5, 0.6) is 5.75 Å². The lowest BCUT2D eigenvalue weighted by atomic mass is 10.1. The average Bonchev–Trinajstić information content (AvgIpc) is 2.67. The fourth-order valence-corrected chi connectivity index (χ4v) is 2.97. The summed E-state index contributed by atoms with van der Waals surface area (Å²) in [5.41, 5.74) is 2.86. The Morgan fingerprint density at radius 2 is 1.90 bits per heavy atom. The average molecular weight is 454 g/mol. The summed E-state index contributed by atoms with van der Waals surface area (Å²) in [4.78, 5) is 33.8. The van der Waals surface area contributed by atoms with Gasteiger partial charge in [-0.25, -0.2) is 10.2 Å². The number of amides is 1. The van der Waals surface area contributed by atoms with Crippen LogP contribution in [0.1, 0.15) is 18.1 Å². The molecule has 0 saturated heterocycles. The molecule has 0 aliphatic carbocycles. The van der Waals surface area contributed by atoms with Gasteiger partial charge in [0.15, 0.2) is 12.4 Å². The second-order valence-electron chi connectivity index (χ2n) is 5.76. The van der Waals surface area contributed by atoms with Crippen LogP contribution in [-0.4, -0.2) is 36.2 Å². The number of hydrogen-bond donors (Lipinski definition) is 1. The first-order valence-corrected chi connectivity index (χ1v) is 9.39. The molecule has 2 aromatic carbocycles. The molecule has 0 aliphatic rings. The van der Waals surface area contributed by atoms with E-state index in [0.29, 0.717) is 5.56 Å². The Morgan fingerprint density at radius 3 is 2.53 bits per heavy atom. The van der Waals surface area contributed by atoms with Crippen LogP contribution in [0, 0.1) is 10.1 Å². The van der Waals surface area contributed by atoms with Gasteiger partial charge >= 0.3 is 5.97 Å². The van der Waals surface area contributed by atoms with Gasteiger partial charge in [0, 0.05) is 11.6 Å². The van der Waals surface area contributed by atoms with Crippen molar-refractivity contribution in [2.45, 2.75) is 13.3 Å². The maximum absolute atomic E-state index is 12.0. The summed E-state index contributed by atoms with van der Waals surface area (Å²) in [7, 11) is 0. The summed E-state index contributed by atoms with van der Waals surface area (Å²) in [6.07, 6.45) is 1.08. The largest absolute Gasteiger partial charge is 0.479 e. The molecule has 0 aliphatic heterocycles. The number of nitrogens with zero attached hydrogens (tertiary/aromatic N) is 2. The third kappa shape index (κ3) is 6.71. The molecule has 1 amide bonds. The zero-order chi connectivity index (χ0) is 22.1. The van der Waals surface area contributed by atoms with Crippen LogP contribution in [0.25, 0.3) is 0 Å². The first kappa shape index (κ1) is 23.1. The third-order valence-corrected chi connectivity index (χ3v) is 4.16. The Morgan fingerprint density at radius 1 is 1.23 bits per heavy atom. The number of halogens is 2. The molecule has 9 nitrogen and oxygen atoms in total. The second kappa shape index (κ2) is 11.1. The van der Waals surface area contributed by atoms with Crippen LogP contribution in [-0.2, 0) is 20.7 Å². The van der Waals surface area contributed by atoms with E-state index in [4.69, 9.17) is 32.7 Å². The van der Waals surface area contributed by atoms with Crippen LogP contribution >= 0.6 is 23.2 Å². The van der Waals surface area contributed by atoms with E-state index in [2.05, 4.69) is 10.5 Å². The van der Waals surface area contributed by atoms with Crippen LogP contribution in [0.2, 0.25) is 10.0 Å². The van der Waals surface area contributed by atoms with Gasteiger partial charge in [0.1, 0.15) is 0 Å². The summed E-state index contributed by atoms with van der Waals surface area (Å²) >= 11 is 12.2. The van der Waals surface area contributed by atoms with Gasteiger partial charge in [0.05, 0.1) is 34.2 Å². The second-order valence-corrected chi connectivity index (χ2v) is 6.58. The highest BCUT2D eigenvalue weighted by Gasteiger charge is 2.15. The Hall–Kier alpha value is -3.17. The molecule has 0 unspecified atom stereocenters. The highest BCUT2D eigenvalue weighted by Crippen LogP contribution is 2.33.